The number of fused-ring (bicyclic) bond motifs is 1. The Morgan fingerprint density at radius 3 is 2.54 bits per heavy atom. The third-order valence-electron chi connectivity index (χ3n) is 4.16. The monoisotopic (exact) mass is 351 g/mol. The molecule has 0 saturated heterocycles. The fourth-order valence-corrected chi connectivity index (χ4v) is 2.72. The molecule has 3 rings (SSSR count). The van der Waals surface area contributed by atoms with E-state index in [9.17, 15) is 4.79 Å². The largest absolute Gasteiger partial charge is 0.497 e. The normalized spacial score (nSPS) is 11.4. The van der Waals surface area contributed by atoms with Crippen molar-refractivity contribution in [2.24, 2.45) is 5.10 Å². The van der Waals surface area contributed by atoms with E-state index >= 15 is 0 Å². The smallest absolute Gasteiger partial charge is 0.273 e. The molecule has 3 aromatic rings. The summed E-state index contributed by atoms with van der Waals surface area (Å²) in [4.78, 5) is 12.5. The van der Waals surface area contributed by atoms with Crippen LogP contribution in [0.3, 0.4) is 0 Å². The zero-order valence-corrected chi connectivity index (χ0v) is 15.0. The number of hydrogen-bond donors (Lipinski definition) is 1. The third kappa shape index (κ3) is 3.69. The number of carbonyl (C=O) groups is 1. The van der Waals surface area contributed by atoms with Crippen molar-refractivity contribution in [1.29, 1.82) is 0 Å². The average molecular weight is 351 g/mol. The SMILES string of the molecule is CO/C(C)=N\NC(=O)c1cn(Cc2ccc(OC)cc2)c2ccccc12. The minimum absolute atomic E-state index is 0.272. The van der Waals surface area contributed by atoms with Gasteiger partial charge in [0.15, 0.2) is 0 Å². The number of benzene rings is 2. The molecule has 0 atom stereocenters. The van der Waals surface area contributed by atoms with E-state index in [0.717, 1.165) is 22.2 Å². The van der Waals surface area contributed by atoms with Gasteiger partial charge in [0, 0.05) is 30.6 Å². The molecule has 6 heteroatoms. The van der Waals surface area contributed by atoms with Gasteiger partial charge in [0.05, 0.1) is 19.8 Å². The Balaban J connectivity index is 1.92. The maximum absolute atomic E-state index is 12.5. The molecule has 0 saturated carbocycles. The first kappa shape index (κ1) is 17.5. The van der Waals surface area contributed by atoms with Crippen LogP contribution in [0.5, 0.6) is 5.75 Å². The summed E-state index contributed by atoms with van der Waals surface area (Å²) in [5.41, 5.74) is 5.20. The minimum Gasteiger partial charge on any atom is -0.497 e. The highest BCUT2D eigenvalue weighted by Crippen LogP contribution is 2.23. The summed E-state index contributed by atoms with van der Waals surface area (Å²) in [5.74, 6) is 0.934. The lowest BCUT2D eigenvalue weighted by Gasteiger charge is -2.06. The first-order chi connectivity index (χ1) is 12.6. The summed E-state index contributed by atoms with van der Waals surface area (Å²) in [7, 11) is 3.15. The van der Waals surface area contributed by atoms with Crippen LogP contribution in [0.25, 0.3) is 10.9 Å². The van der Waals surface area contributed by atoms with E-state index in [4.69, 9.17) is 9.47 Å². The van der Waals surface area contributed by atoms with Gasteiger partial charge in [0.2, 0.25) is 5.90 Å². The second-order valence-corrected chi connectivity index (χ2v) is 5.81. The lowest BCUT2D eigenvalue weighted by molar-refractivity contribution is 0.0955. The molecule has 1 aromatic heterocycles. The molecule has 6 nitrogen and oxygen atoms in total. The first-order valence-electron chi connectivity index (χ1n) is 8.22. The summed E-state index contributed by atoms with van der Waals surface area (Å²) < 4.78 is 12.2. The predicted molar refractivity (Wildman–Crippen MR) is 102 cm³/mol. The van der Waals surface area contributed by atoms with Gasteiger partial charge in [0.1, 0.15) is 5.75 Å². The standard InChI is InChI=1S/C20H21N3O3/c1-14(25-2)21-22-20(24)18-13-23(19-7-5-4-6-17(18)19)12-15-8-10-16(26-3)11-9-15/h4-11,13H,12H2,1-3H3,(H,22,24)/b21-14-. The molecule has 0 fully saturated rings. The van der Waals surface area contributed by atoms with Gasteiger partial charge in [0.25, 0.3) is 5.91 Å². The third-order valence-corrected chi connectivity index (χ3v) is 4.16. The number of nitrogens with zero attached hydrogens (tertiary/aromatic N) is 2. The van der Waals surface area contributed by atoms with Crippen LogP contribution >= 0.6 is 0 Å². The topological polar surface area (TPSA) is 64.8 Å². The number of nitrogens with one attached hydrogen (secondary N) is 1. The van der Waals surface area contributed by atoms with E-state index in [-0.39, 0.29) is 5.91 Å². The fourth-order valence-electron chi connectivity index (χ4n) is 2.72. The van der Waals surface area contributed by atoms with Gasteiger partial charge in [-0.1, -0.05) is 30.3 Å². The van der Waals surface area contributed by atoms with Crippen LogP contribution in [0.1, 0.15) is 22.8 Å². The Labute approximate surface area is 152 Å². The highest BCUT2D eigenvalue weighted by molar-refractivity contribution is 6.07. The van der Waals surface area contributed by atoms with Crippen molar-refractivity contribution < 1.29 is 14.3 Å². The molecule has 1 amide bonds. The van der Waals surface area contributed by atoms with Crippen LogP contribution in [0.4, 0.5) is 0 Å². The number of hydrogen-bond acceptors (Lipinski definition) is 4. The molecule has 134 valence electrons. The maximum Gasteiger partial charge on any atom is 0.273 e. The van der Waals surface area contributed by atoms with Gasteiger partial charge in [-0.05, 0) is 23.8 Å². The van der Waals surface area contributed by atoms with Crippen LogP contribution in [0, 0.1) is 0 Å². The van der Waals surface area contributed by atoms with Gasteiger partial charge >= 0.3 is 0 Å². The molecule has 1 heterocycles. The molecule has 0 unspecified atom stereocenters. The maximum atomic E-state index is 12.5. The summed E-state index contributed by atoms with van der Waals surface area (Å²) in [5, 5.41) is 4.79. The van der Waals surface area contributed by atoms with E-state index in [1.807, 2.05) is 54.7 Å². The lowest BCUT2D eigenvalue weighted by atomic mass is 10.1. The molecule has 2 aromatic carbocycles. The number of amides is 1. The molecule has 0 bridgehead atoms. The summed E-state index contributed by atoms with van der Waals surface area (Å²) in [6.45, 7) is 2.32. The van der Waals surface area contributed by atoms with E-state index in [1.165, 1.54) is 7.11 Å². The molecular weight excluding hydrogens is 330 g/mol. The Morgan fingerprint density at radius 2 is 1.85 bits per heavy atom. The van der Waals surface area contributed by atoms with Crippen molar-refractivity contribution in [3.63, 3.8) is 0 Å². The molecule has 0 spiro atoms. The van der Waals surface area contributed by atoms with E-state index in [2.05, 4.69) is 15.1 Å². The number of aromatic nitrogens is 1. The van der Waals surface area contributed by atoms with Crippen LogP contribution in [0.15, 0.2) is 59.8 Å². The van der Waals surface area contributed by atoms with Crippen molar-refractivity contribution in [3.8, 4) is 5.75 Å². The van der Waals surface area contributed by atoms with E-state index in [1.54, 1.807) is 14.0 Å². The van der Waals surface area contributed by atoms with Crippen molar-refractivity contribution in [2.45, 2.75) is 13.5 Å². The Bertz CT molecular complexity index is 943. The van der Waals surface area contributed by atoms with Crippen molar-refractivity contribution >= 4 is 22.7 Å². The van der Waals surface area contributed by atoms with Crippen molar-refractivity contribution in [2.75, 3.05) is 14.2 Å². The number of para-hydroxylation sites is 1. The molecule has 0 aliphatic rings. The number of ether oxygens (including phenoxy) is 2. The molecule has 26 heavy (non-hydrogen) atoms. The Hall–Kier alpha value is -3.28. The number of rotatable bonds is 5. The summed E-state index contributed by atoms with van der Waals surface area (Å²) in [6, 6.07) is 15.7. The number of carbonyl (C=O) groups excluding carboxylic acids is 1. The van der Waals surface area contributed by atoms with Crippen molar-refractivity contribution in [3.05, 3.63) is 65.9 Å². The van der Waals surface area contributed by atoms with Gasteiger partial charge in [-0.15, -0.1) is 5.10 Å². The summed E-state index contributed by atoms with van der Waals surface area (Å²) >= 11 is 0. The fraction of sp³-hybridized carbons (Fsp3) is 0.200. The van der Waals surface area contributed by atoms with Crippen molar-refractivity contribution in [1.82, 2.24) is 9.99 Å². The summed E-state index contributed by atoms with van der Waals surface area (Å²) in [6.07, 6.45) is 1.85. The van der Waals surface area contributed by atoms with E-state index < -0.39 is 0 Å². The van der Waals surface area contributed by atoms with E-state index in [0.29, 0.717) is 18.0 Å². The zero-order chi connectivity index (χ0) is 18.5. The minimum atomic E-state index is -0.272. The van der Waals surface area contributed by atoms with Crippen LogP contribution in [-0.2, 0) is 11.3 Å². The van der Waals surface area contributed by atoms with Crippen LogP contribution in [-0.4, -0.2) is 30.6 Å². The van der Waals surface area contributed by atoms with Gasteiger partial charge in [-0.3, -0.25) is 4.79 Å². The molecule has 0 radical (unpaired) electrons. The Kier molecular flexibility index (Phi) is 5.22. The quantitative estimate of drug-likeness (QED) is 0.435. The second-order valence-electron chi connectivity index (χ2n) is 5.81. The molecule has 0 aliphatic heterocycles. The molecule has 0 aliphatic carbocycles. The second kappa shape index (κ2) is 7.74. The highest BCUT2D eigenvalue weighted by atomic mass is 16.5. The zero-order valence-electron chi connectivity index (χ0n) is 15.0. The van der Waals surface area contributed by atoms with Crippen LogP contribution < -0.4 is 10.2 Å². The number of hydrazone groups is 1. The van der Waals surface area contributed by atoms with Gasteiger partial charge in [-0.2, -0.15) is 0 Å². The van der Waals surface area contributed by atoms with Crippen LogP contribution in [0.2, 0.25) is 0 Å². The lowest BCUT2D eigenvalue weighted by Crippen LogP contribution is -2.19. The average Bonchev–Trinajstić information content (AvgIpc) is 3.05. The number of methoxy groups -OCH3 is 2. The highest BCUT2D eigenvalue weighted by Gasteiger charge is 2.15. The first-order valence-corrected chi connectivity index (χ1v) is 8.22. The van der Waals surface area contributed by atoms with Gasteiger partial charge < -0.3 is 14.0 Å². The predicted octanol–water partition coefficient (Wildman–Crippen LogP) is 3.41. The van der Waals surface area contributed by atoms with Gasteiger partial charge in [-0.25, -0.2) is 5.43 Å². The Morgan fingerprint density at radius 1 is 1.12 bits per heavy atom. The molecular formula is C20H21N3O3. The molecule has 1 N–H and O–H groups in total.